The van der Waals surface area contributed by atoms with E-state index in [0.29, 0.717) is 11.3 Å². The van der Waals surface area contributed by atoms with Crippen LogP contribution in [0, 0.1) is 6.92 Å². The molecule has 4 heteroatoms. The summed E-state index contributed by atoms with van der Waals surface area (Å²) in [7, 11) is 0. The van der Waals surface area contributed by atoms with Gasteiger partial charge in [-0.2, -0.15) is 0 Å². The van der Waals surface area contributed by atoms with Gasteiger partial charge in [-0.15, -0.1) is 0 Å². The van der Waals surface area contributed by atoms with Crippen LogP contribution in [0.25, 0.3) is 0 Å². The molecule has 4 nitrogen and oxygen atoms in total. The first-order valence-corrected chi connectivity index (χ1v) is 3.42. The highest BCUT2D eigenvalue weighted by atomic mass is 16.1. The van der Waals surface area contributed by atoms with Crippen LogP contribution in [-0.4, -0.2) is 9.97 Å². The zero-order valence-corrected chi connectivity index (χ0v) is 6.59. The van der Waals surface area contributed by atoms with E-state index >= 15 is 0 Å². The first-order valence-electron chi connectivity index (χ1n) is 3.42. The zero-order valence-electron chi connectivity index (χ0n) is 6.59. The molecule has 3 N–H and O–H groups in total. The number of nitrogens with one attached hydrogen (secondary N) is 1. The summed E-state index contributed by atoms with van der Waals surface area (Å²) in [5.74, 6) is 0. The van der Waals surface area contributed by atoms with Crippen LogP contribution in [0.15, 0.2) is 11.1 Å². The molecule has 0 saturated carbocycles. The van der Waals surface area contributed by atoms with Crippen LogP contribution in [-0.2, 0) is 0 Å². The van der Waals surface area contributed by atoms with Crippen LogP contribution in [0.5, 0.6) is 0 Å². The Kier molecular flexibility index (Phi) is 2.05. The van der Waals surface area contributed by atoms with E-state index in [1.54, 1.807) is 13.8 Å². The number of hydrogen-bond acceptors (Lipinski definition) is 3. The summed E-state index contributed by atoms with van der Waals surface area (Å²) in [6.45, 7) is 3.51. The molecule has 1 aromatic rings. The highest BCUT2D eigenvalue weighted by molar-refractivity contribution is 5.16. The average molecular weight is 153 g/mol. The maximum Gasteiger partial charge on any atom is 0.253 e. The zero-order chi connectivity index (χ0) is 8.43. The predicted octanol–water partition coefficient (Wildman–Crippen LogP) is 0.0980. The van der Waals surface area contributed by atoms with Crippen molar-refractivity contribution < 1.29 is 0 Å². The van der Waals surface area contributed by atoms with Gasteiger partial charge in [0.15, 0.2) is 0 Å². The maximum absolute atomic E-state index is 11.0. The second kappa shape index (κ2) is 2.84. The van der Waals surface area contributed by atoms with Gasteiger partial charge in [0.05, 0.1) is 12.0 Å². The smallest absolute Gasteiger partial charge is 0.253 e. The molecule has 0 aromatic carbocycles. The molecule has 60 valence electrons. The fourth-order valence-corrected chi connectivity index (χ4v) is 0.941. The number of nitrogens with two attached hydrogens (primary N) is 1. The van der Waals surface area contributed by atoms with Crippen molar-refractivity contribution in [1.82, 2.24) is 9.97 Å². The molecule has 0 spiro atoms. The number of hydrogen-bond donors (Lipinski definition) is 2. The van der Waals surface area contributed by atoms with Crippen LogP contribution in [0.2, 0.25) is 0 Å². The molecule has 0 bridgehead atoms. The van der Waals surface area contributed by atoms with Gasteiger partial charge in [0.2, 0.25) is 0 Å². The Morgan fingerprint density at radius 1 is 1.73 bits per heavy atom. The van der Waals surface area contributed by atoms with Crippen molar-refractivity contribution in [3.8, 4) is 0 Å². The maximum atomic E-state index is 11.0. The topological polar surface area (TPSA) is 71.8 Å². The summed E-state index contributed by atoms with van der Waals surface area (Å²) in [6.07, 6.45) is 1.37. The lowest BCUT2D eigenvalue weighted by Crippen LogP contribution is -2.18. The van der Waals surface area contributed by atoms with Crippen LogP contribution in [0.3, 0.4) is 0 Å². The molecule has 1 rings (SSSR count). The number of nitrogens with zero attached hydrogens (tertiary/aromatic N) is 1. The Morgan fingerprint density at radius 2 is 2.36 bits per heavy atom. The van der Waals surface area contributed by atoms with Gasteiger partial charge < -0.3 is 10.7 Å². The summed E-state index contributed by atoms with van der Waals surface area (Å²) in [5.41, 5.74) is 6.71. The van der Waals surface area contributed by atoms with Gasteiger partial charge >= 0.3 is 0 Å². The average Bonchev–Trinajstić information content (AvgIpc) is 1.94. The molecule has 0 fully saturated rings. The van der Waals surface area contributed by atoms with E-state index in [0.717, 1.165) is 0 Å². The predicted molar refractivity (Wildman–Crippen MR) is 42.2 cm³/mol. The Bertz CT molecular complexity index is 303. The Morgan fingerprint density at radius 3 is 2.82 bits per heavy atom. The lowest BCUT2D eigenvalue weighted by atomic mass is 10.1. The van der Waals surface area contributed by atoms with Gasteiger partial charge in [-0.25, -0.2) is 4.98 Å². The monoisotopic (exact) mass is 153 g/mol. The second-order valence-corrected chi connectivity index (χ2v) is 2.53. The highest BCUT2D eigenvalue weighted by Crippen LogP contribution is 2.05. The molecule has 1 atom stereocenters. The molecule has 0 unspecified atom stereocenters. The van der Waals surface area contributed by atoms with Crippen molar-refractivity contribution in [1.29, 1.82) is 0 Å². The summed E-state index contributed by atoms with van der Waals surface area (Å²) < 4.78 is 0. The van der Waals surface area contributed by atoms with E-state index in [1.165, 1.54) is 6.33 Å². The van der Waals surface area contributed by atoms with Gasteiger partial charge in [-0.1, -0.05) is 0 Å². The summed E-state index contributed by atoms with van der Waals surface area (Å²) in [4.78, 5) is 17.4. The van der Waals surface area contributed by atoms with Gasteiger partial charge in [-0.05, 0) is 13.8 Å². The first kappa shape index (κ1) is 7.94. The first-order chi connectivity index (χ1) is 5.13. The molecule has 0 aliphatic rings. The molecule has 0 saturated heterocycles. The van der Waals surface area contributed by atoms with Gasteiger partial charge in [0.25, 0.3) is 5.56 Å². The van der Waals surface area contributed by atoms with E-state index in [-0.39, 0.29) is 11.6 Å². The third-order valence-electron chi connectivity index (χ3n) is 1.56. The molecule has 11 heavy (non-hydrogen) atoms. The molecular weight excluding hydrogens is 142 g/mol. The minimum Gasteiger partial charge on any atom is -0.323 e. The molecule has 1 heterocycles. The fraction of sp³-hybridized carbons (Fsp3) is 0.429. The molecule has 0 aliphatic carbocycles. The second-order valence-electron chi connectivity index (χ2n) is 2.53. The Balaban J connectivity index is 3.28. The number of H-pyrrole nitrogens is 1. The van der Waals surface area contributed by atoms with Crippen LogP contribution in [0.4, 0.5) is 0 Å². The molecule has 0 aliphatic heterocycles. The van der Waals surface area contributed by atoms with Gasteiger partial charge in [0.1, 0.15) is 0 Å². The van der Waals surface area contributed by atoms with Crippen LogP contribution < -0.4 is 11.3 Å². The Hall–Kier alpha value is -1.16. The van der Waals surface area contributed by atoms with Crippen molar-refractivity contribution >= 4 is 0 Å². The normalized spacial score (nSPS) is 13.0. The van der Waals surface area contributed by atoms with E-state index in [1.807, 2.05) is 0 Å². The number of rotatable bonds is 1. The van der Waals surface area contributed by atoms with Gasteiger partial charge in [0, 0.05) is 11.6 Å². The summed E-state index contributed by atoms with van der Waals surface area (Å²) in [5, 5.41) is 0. The molecule has 0 radical (unpaired) electrons. The third kappa shape index (κ3) is 1.46. The van der Waals surface area contributed by atoms with Crippen LogP contribution in [0.1, 0.15) is 24.2 Å². The van der Waals surface area contributed by atoms with Crippen molar-refractivity contribution in [2.75, 3.05) is 0 Å². The lowest BCUT2D eigenvalue weighted by molar-refractivity contribution is 0.759. The lowest BCUT2D eigenvalue weighted by Gasteiger charge is -2.05. The highest BCUT2D eigenvalue weighted by Gasteiger charge is 2.06. The fourth-order valence-electron chi connectivity index (χ4n) is 0.941. The minimum atomic E-state index is -0.183. The third-order valence-corrected chi connectivity index (χ3v) is 1.56. The van der Waals surface area contributed by atoms with E-state index < -0.39 is 0 Å². The van der Waals surface area contributed by atoms with Crippen molar-refractivity contribution in [3.05, 3.63) is 27.9 Å². The molecule has 1 aromatic heterocycles. The van der Waals surface area contributed by atoms with Crippen molar-refractivity contribution in [2.45, 2.75) is 19.9 Å². The van der Waals surface area contributed by atoms with E-state index in [4.69, 9.17) is 5.73 Å². The summed E-state index contributed by atoms with van der Waals surface area (Å²) >= 11 is 0. The largest absolute Gasteiger partial charge is 0.323 e. The van der Waals surface area contributed by atoms with Crippen molar-refractivity contribution in [3.63, 3.8) is 0 Å². The van der Waals surface area contributed by atoms with Crippen LogP contribution >= 0.6 is 0 Å². The molecule has 0 amide bonds. The standard InChI is InChI=1S/C7H11N3O/c1-4-6(5(2)8)9-3-10-7(4)11/h3,5H,8H2,1-2H3,(H,9,10,11)/t5-/m0/s1. The number of aromatic amines is 1. The van der Waals surface area contributed by atoms with E-state index in [9.17, 15) is 4.79 Å². The summed E-state index contributed by atoms with van der Waals surface area (Å²) in [6, 6.07) is -0.183. The quantitative estimate of drug-likeness (QED) is 0.601. The van der Waals surface area contributed by atoms with Gasteiger partial charge in [-0.3, -0.25) is 4.79 Å². The van der Waals surface area contributed by atoms with Crippen molar-refractivity contribution in [2.24, 2.45) is 5.73 Å². The minimum absolute atomic E-state index is 0.118. The Labute approximate surface area is 64.5 Å². The number of aromatic nitrogens is 2. The van der Waals surface area contributed by atoms with E-state index in [2.05, 4.69) is 9.97 Å². The molecular formula is C7H11N3O. The SMILES string of the molecule is Cc1c([C@H](C)N)nc[nH]c1=O.